The monoisotopic (exact) mass is 289 g/mol. The maximum absolute atomic E-state index is 5.72. The van der Waals surface area contributed by atoms with Crippen molar-refractivity contribution in [3.05, 3.63) is 23.9 Å². The van der Waals surface area contributed by atoms with E-state index in [1.807, 2.05) is 32.2 Å². The zero-order chi connectivity index (χ0) is 14.3. The molecule has 0 heterocycles. The Balaban J connectivity index is 2.83. The van der Waals surface area contributed by atoms with Crippen molar-refractivity contribution < 1.29 is 14.2 Å². The average molecular weight is 290 g/mol. The lowest BCUT2D eigenvalue weighted by atomic mass is 10.0. The largest absolute Gasteiger partial charge is 0.375 e. The van der Waals surface area contributed by atoms with Crippen LogP contribution in [0.5, 0.6) is 0 Å². The topological polar surface area (TPSA) is 30.9 Å². The Hall–Kier alpha value is -0.550. The van der Waals surface area contributed by atoms with E-state index in [0.717, 1.165) is 18.7 Å². The third kappa shape index (κ3) is 3.96. The van der Waals surface area contributed by atoms with E-state index in [2.05, 4.69) is 4.90 Å². The highest BCUT2D eigenvalue weighted by molar-refractivity contribution is 6.17. The van der Waals surface area contributed by atoms with Gasteiger partial charge in [-0.25, -0.2) is 0 Å². The van der Waals surface area contributed by atoms with E-state index in [4.69, 9.17) is 25.8 Å². The standard InChI is InChI=1S/C14H24ClNO3/c1-5-19-14(18-4)8-7-12(11-13(14)17-3)16(2)10-6-9-15/h7-8,11,13H,5-6,9-10H2,1-4H3. The Bertz CT molecular complexity index is 333. The van der Waals surface area contributed by atoms with Gasteiger partial charge < -0.3 is 19.1 Å². The molecule has 0 aromatic carbocycles. The van der Waals surface area contributed by atoms with Crippen molar-refractivity contribution in [2.75, 3.05) is 40.3 Å². The Morgan fingerprint density at radius 3 is 2.68 bits per heavy atom. The van der Waals surface area contributed by atoms with Crippen LogP contribution in [-0.4, -0.2) is 57.1 Å². The van der Waals surface area contributed by atoms with Gasteiger partial charge in [0.25, 0.3) is 0 Å². The van der Waals surface area contributed by atoms with E-state index in [0.29, 0.717) is 12.5 Å². The summed E-state index contributed by atoms with van der Waals surface area (Å²) in [5.41, 5.74) is 1.09. The van der Waals surface area contributed by atoms with Gasteiger partial charge in [-0.2, -0.15) is 0 Å². The number of methoxy groups -OCH3 is 2. The fourth-order valence-electron chi connectivity index (χ4n) is 2.13. The van der Waals surface area contributed by atoms with E-state index in [9.17, 15) is 0 Å². The van der Waals surface area contributed by atoms with Gasteiger partial charge in [0.05, 0.1) is 0 Å². The molecule has 110 valence electrons. The van der Waals surface area contributed by atoms with Crippen molar-refractivity contribution in [1.29, 1.82) is 0 Å². The minimum atomic E-state index is -0.833. The third-order valence-electron chi connectivity index (χ3n) is 3.22. The van der Waals surface area contributed by atoms with Crippen molar-refractivity contribution in [1.82, 2.24) is 4.90 Å². The molecule has 0 bridgehead atoms. The summed E-state index contributed by atoms with van der Waals surface area (Å²) in [5, 5.41) is 0. The van der Waals surface area contributed by atoms with Crippen molar-refractivity contribution in [3.63, 3.8) is 0 Å². The first-order valence-electron chi connectivity index (χ1n) is 6.53. The fourth-order valence-corrected chi connectivity index (χ4v) is 2.25. The first-order valence-corrected chi connectivity index (χ1v) is 7.07. The molecular weight excluding hydrogens is 266 g/mol. The zero-order valence-corrected chi connectivity index (χ0v) is 12.9. The highest BCUT2D eigenvalue weighted by Gasteiger charge is 2.39. The first kappa shape index (κ1) is 16.5. The molecule has 4 nitrogen and oxygen atoms in total. The van der Waals surface area contributed by atoms with Crippen LogP contribution in [0, 0.1) is 0 Å². The Labute approximate surface area is 121 Å². The normalized spacial score (nSPS) is 26.4. The maximum atomic E-state index is 5.72. The summed E-state index contributed by atoms with van der Waals surface area (Å²) in [6, 6.07) is 0. The smallest absolute Gasteiger partial charge is 0.218 e. The fraction of sp³-hybridized carbons (Fsp3) is 0.714. The molecule has 0 amide bonds. The summed E-state index contributed by atoms with van der Waals surface area (Å²) >= 11 is 5.72. The molecule has 0 aromatic rings. The lowest BCUT2D eigenvalue weighted by Crippen LogP contribution is -2.47. The summed E-state index contributed by atoms with van der Waals surface area (Å²) in [7, 11) is 5.32. The van der Waals surface area contributed by atoms with Crippen LogP contribution in [0.2, 0.25) is 0 Å². The average Bonchev–Trinajstić information content (AvgIpc) is 2.45. The van der Waals surface area contributed by atoms with Gasteiger partial charge in [0, 0.05) is 46.0 Å². The van der Waals surface area contributed by atoms with Crippen LogP contribution in [0.3, 0.4) is 0 Å². The van der Waals surface area contributed by atoms with E-state index in [-0.39, 0.29) is 6.10 Å². The molecule has 2 atom stereocenters. The number of rotatable bonds is 8. The molecule has 1 aliphatic rings. The van der Waals surface area contributed by atoms with Gasteiger partial charge in [-0.3, -0.25) is 0 Å². The number of nitrogens with zero attached hydrogens (tertiary/aromatic N) is 1. The van der Waals surface area contributed by atoms with Crippen LogP contribution < -0.4 is 0 Å². The molecule has 0 aromatic heterocycles. The van der Waals surface area contributed by atoms with Gasteiger partial charge in [-0.1, -0.05) is 0 Å². The van der Waals surface area contributed by atoms with Gasteiger partial charge in [-0.15, -0.1) is 11.6 Å². The molecule has 0 saturated carbocycles. The molecule has 19 heavy (non-hydrogen) atoms. The SMILES string of the molecule is CCOC1(OC)C=CC(N(C)CCCCl)=CC1OC. The molecule has 0 N–H and O–H groups in total. The predicted octanol–water partition coefficient (Wildman–Crippen LogP) is 2.40. The number of alkyl halides is 1. The quantitative estimate of drug-likeness (QED) is 0.507. The van der Waals surface area contributed by atoms with Gasteiger partial charge in [0.2, 0.25) is 5.79 Å². The van der Waals surface area contributed by atoms with Crippen LogP contribution in [0.15, 0.2) is 23.9 Å². The van der Waals surface area contributed by atoms with Gasteiger partial charge in [-0.05, 0) is 31.6 Å². The molecule has 0 fully saturated rings. The second-order valence-corrected chi connectivity index (χ2v) is 4.78. The van der Waals surface area contributed by atoms with Crippen molar-refractivity contribution in [3.8, 4) is 0 Å². The molecule has 0 radical (unpaired) electrons. The number of hydrogen-bond donors (Lipinski definition) is 0. The van der Waals surface area contributed by atoms with Crippen LogP contribution in [0.25, 0.3) is 0 Å². The van der Waals surface area contributed by atoms with Crippen molar-refractivity contribution in [2.24, 2.45) is 0 Å². The maximum Gasteiger partial charge on any atom is 0.218 e. The number of halogens is 1. The summed E-state index contributed by atoms with van der Waals surface area (Å²) < 4.78 is 16.7. The molecular formula is C14H24ClNO3. The number of allylic oxidation sites excluding steroid dienone is 1. The minimum Gasteiger partial charge on any atom is -0.375 e. The molecule has 5 heteroatoms. The molecule has 0 saturated heterocycles. The van der Waals surface area contributed by atoms with Crippen molar-refractivity contribution >= 4 is 11.6 Å². The lowest BCUT2D eigenvalue weighted by Gasteiger charge is -2.38. The Morgan fingerprint density at radius 2 is 2.16 bits per heavy atom. The van der Waals surface area contributed by atoms with Crippen LogP contribution in [0.4, 0.5) is 0 Å². The Morgan fingerprint density at radius 1 is 1.42 bits per heavy atom. The van der Waals surface area contributed by atoms with Crippen molar-refractivity contribution in [2.45, 2.75) is 25.2 Å². The molecule has 2 unspecified atom stereocenters. The highest BCUT2D eigenvalue weighted by atomic mass is 35.5. The highest BCUT2D eigenvalue weighted by Crippen LogP contribution is 2.29. The number of likely N-dealkylation sites (N-methyl/N-ethyl adjacent to an activating group) is 1. The van der Waals surface area contributed by atoms with E-state index in [1.165, 1.54) is 0 Å². The zero-order valence-electron chi connectivity index (χ0n) is 12.2. The second-order valence-electron chi connectivity index (χ2n) is 4.40. The van der Waals surface area contributed by atoms with Crippen LogP contribution in [-0.2, 0) is 14.2 Å². The molecule has 1 aliphatic carbocycles. The predicted molar refractivity (Wildman–Crippen MR) is 77.4 cm³/mol. The molecule has 0 spiro atoms. The number of ether oxygens (including phenoxy) is 3. The van der Waals surface area contributed by atoms with Gasteiger partial charge in [0.1, 0.15) is 6.10 Å². The summed E-state index contributed by atoms with van der Waals surface area (Å²) in [6.45, 7) is 3.40. The molecule has 1 rings (SSSR count). The summed E-state index contributed by atoms with van der Waals surface area (Å²) in [5.74, 6) is -0.170. The summed E-state index contributed by atoms with van der Waals surface area (Å²) in [6.07, 6.45) is 6.62. The first-order chi connectivity index (χ1) is 9.13. The van der Waals surface area contributed by atoms with Crippen LogP contribution in [0.1, 0.15) is 13.3 Å². The second kappa shape index (κ2) is 7.90. The third-order valence-corrected chi connectivity index (χ3v) is 3.48. The minimum absolute atomic E-state index is 0.268. The van der Waals surface area contributed by atoms with E-state index >= 15 is 0 Å². The van der Waals surface area contributed by atoms with E-state index < -0.39 is 5.79 Å². The molecule has 0 aliphatic heterocycles. The summed E-state index contributed by atoms with van der Waals surface area (Å²) in [4.78, 5) is 2.15. The number of hydrogen-bond acceptors (Lipinski definition) is 4. The van der Waals surface area contributed by atoms with Crippen LogP contribution >= 0.6 is 11.6 Å². The van der Waals surface area contributed by atoms with Gasteiger partial charge in [0.15, 0.2) is 0 Å². The lowest BCUT2D eigenvalue weighted by molar-refractivity contribution is -0.233. The van der Waals surface area contributed by atoms with Gasteiger partial charge >= 0.3 is 0 Å². The Kier molecular flexibility index (Phi) is 6.86. The van der Waals surface area contributed by atoms with E-state index in [1.54, 1.807) is 14.2 Å².